The van der Waals surface area contributed by atoms with Gasteiger partial charge in [-0.1, -0.05) is 0 Å². The minimum absolute atomic E-state index is 0.0875. The normalized spacial score (nSPS) is 12.7. The molecule has 9 heteroatoms. The summed E-state index contributed by atoms with van der Waals surface area (Å²) in [5.41, 5.74) is 0.289. The van der Waals surface area contributed by atoms with Crippen LogP contribution in [0.25, 0.3) is 16.6 Å². The van der Waals surface area contributed by atoms with Gasteiger partial charge in [-0.25, -0.2) is 17.8 Å². The molecule has 0 aliphatic carbocycles. The van der Waals surface area contributed by atoms with Crippen molar-refractivity contribution in [2.45, 2.75) is 11.1 Å². The van der Waals surface area contributed by atoms with Crippen molar-refractivity contribution in [2.75, 3.05) is 7.05 Å². The minimum atomic E-state index is -4.40. The van der Waals surface area contributed by atoms with Gasteiger partial charge in [0.15, 0.2) is 0 Å². The Labute approximate surface area is 135 Å². The van der Waals surface area contributed by atoms with E-state index >= 15 is 0 Å². The van der Waals surface area contributed by atoms with Crippen molar-refractivity contribution in [2.24, 2.45) is 0 Å². The second-order valence-electron chi connectivity index (χ2n) is 5.03. The van der Waals surface area contributed by atoms with E-state index in [0.717, 1.165) is 12.1 Å². The molecule has 1 heterocycles. The maximum atomic E-state index is 12.6. The van der Waals surface area contributed by atoms with Gasteiger partial charge in [-0.2, -0.15) is 18.3 Å². The zero-order valence-corrected chi connectivity index (χ0v) is 13.2. The highest BCUT2D eigenvalue weighted by Crippen LogP contribution is 2.30. The molecule has 126 valence electrons. The topological polar surface area (TPSA) is 64.0 Å². The summed E-state index contributed by atoms with van der Waals surface area (Å²) in [5.74, 6) is 0. The third-order valence-electron chi connectivity index (χ3n) is 3.56. The number of fused-ring (bicyclic) bond motifs is 1. The van der Waals surface area contributed by atoms with E-state index in [2.05, 4.69) is 9.82 Å². The molecule has 3 aromatic rings. The van der Waals surface area contributed by atoms with Crippen LogP contribution in [0, 0.1) is 0 Å². The van der Waals surface area contributed by atoms with E-state index < -0.39 is 21.8 Å². The van der Waals surface area contributed by atoms with E-state index in [1.807, 2.05) is 0 Å². The van der Waals surface area contributed by atoms with E-state index in [1.54, 1.807) is 6.07 Å². The zero-order valence-electron chi connectivity index (χ0n) is 12.4. The first-order chi connectivity index (χ1) is 11.2. The van der Waals surface area contributed by atoms with Crippen LogP contribution < -0.4 is 4.72 Å². The number of nitrogens with zero attached hydrogens (tertiary/aromatic N) is 2. The molecule has 0 aliphatic heterocycles. The highest BCUT2D eigenvalue weighted by Gasteiger charge is 2.30. The summed E-state index contributed by atoms with van der Waals surface area (Å²) in [6.07, 6.45) is -2.94. The molecule has 0 aliphatic rings. The smallest absolute Gasteiger partial charge is 0.233 e. The van der Waals surface area contributed by atoms with Crippen LogP contribution in [0.4, 0.5) is 13.2 Å². The molecule has 0 radical (unpaired) electrons. The molecule has 5 nitrogen and oxygen atoms in total. The standard InChI is InChI=1S/C15H12F3N3O2S/c1-19-24(22,23)13-6-7-14-10(8-13)9-20-21(14)12-4-2-11(3-5-12)15(16,17)18/h2-9,19H,1H3. The summed E-state index contributed by atoms with van der Waals surface area (Å²) >= 11 is 0. The van der Waals surface area contributed by atoms with Crippen LogP contribution in [0.2, 0.25) is 0 Å². The lowest BCUT2D eigenvalue weighted by Gasteiger charge is -2.08. The highest BCUT2D eigenvalue weighted by molar-refractivity contribution is 7.89. The molecule has 1 N–H and O–H groups in total. The maximum absolute atomic E-state index is 12.6. The summed E-state index contributed by atoms with van der Waals surface area (Å²) in [7, 11) is -2.27. The Bertz CT molecular complexity index is 993. The van der Waals surface area contributed by atoms with Gasteiger partial charge >= 0.3 is 6.18 Å². The first-order valence-electron chi connectivity index (χ1n) is 6.81. The summed E-state index contributed by atoms with van der Waals surface area (Å²) in [6, 6.07) is 9.00. The fourth-order valence-electron chi connectivity index (χ4n) is 2.29. The second-order valence-corrected chi connectivity index (χ2v) is 6.92. The van der Waals surface area contributed by atoms with Gasteiger partial charge in [0.05, 0.1) is 27.9 Å². The van der Waals surface area contributed by atoms with Crippen molar-refractivity contribution in [3.8, 4) is 5.69 Å². The molecule has 0 amide bonds. The molecular weight excluding hydrogens is 343 g/mol. The number of hydrogen-bond acceptors (Lipinski definition) is 3. The number of halogens is 3. The Balaban J connectivity index is 2.05. The van der Waals surface area contributed by atoms with Crippen LogP contribution in [-0.2, 0) is 16.2 Å². The molecule has 0 bridgehead atoms. The van der Waals surface area contributed by atoms with E-state index in [1.165, 1.54) is 42.2 Å². The van der Waals surface area contributed by atoms with Crippen molar-refractivity contribution >= 4 is 20.9 Å². The van der Waals surface area contributed by atoms with E-state index in [0.29, 0.717) is 16.6 Å². The predicted octanol–water partition coefficient (Wildman–Crippen LogP) is 2.95. The van der Waals surface area contributed by atoms with Crippen molar-refractivity contribution < 1.29 is 21.6 Å². The summed E-state index contributed by atoms with van der Waals surface area (Å²) < 4.78 is 65.1. The summed E-state index contributed by atoms with van der Waals surface area (Å²) in [5, 5.41) is 4.69. The molecule has 0 saturated heterocycles. The molecule has 24 heavy (non-hydrogen) atoms. The lowest BCUT2D eigenvalue weighted by molar-refractivity contribution is -0.137. The first kappa shape index (κ1) is 16.5. The fraction of sp³-hybridized carbons (Fsp3) is 0.133. The van der Waals surface area contributed by atoms with Gasteiger partial charge in [0.25, 0.3) is 0 Å². The monoisotopic (exact) mass is 355 g/mol. The zero-order chi connectivity index (χ0) is 17.5. The van der Waals surface area contributed by atoms with E-state index in [-0.39, 0.29) is 4.90 Å². The Kier molecular flexibility index (Phi) is 3.84. The quantitative estimate of drug-likeness (QED) is 0.786. The molecule has 0 spiro atoms. The SMILES string of the molecule is CNS(=O)(=O)c1ccc2c(cnn2-c2ccc(C(F)(F)F)cc2)c1. The van der Waals surface area contributed by atoms with Crippen molar-refractivity contribution in [3.05, 3.63) is 54.2 Å². The summed E-state index contributed by atoms with van der Waals surface area (Å²) in [4.78, 5) is 0.0875. The number of benzene rings is 2. The Morgan fingerprint density at radius 3 is 2.33 bits per heavy atom. The van der Waals surface area contributed by atoms with Gasteiger partial charge < -0.3 is 0 Å². The molecule has 0 fully saturated rings. The number of rotatable bonds is 3. The number of alkyl halides is 3. The molecule has 0 atom stereocenters. The van der Waals surface area contributed by atoms with Crippen molar-refractivity contribution in [1.82, 2.24) is 14.5 Å². The van der Waals surface area contributed by atoms with Crippen LogP contribution in [0.1, 0.15) is 5.56 Å². The molecule has 1 aromatic heterocycles. The second kappa shape index (κ2) is 5.60. The number of sulfonamides is 1. The van der Waals surface area contributed by atoms with Crippen LogP contribution in [-0.4, -0.2) is 25.2 Å². The van der Waals surface area contributed by atoms with Crippen LogP contribution in [0.15, 0.2) is 53.6 Å². The minimum Gasteiger partial charge on any atom is -0.233 e. The molecule has 3 rings (SSSR count). The number of aromatic nitrogens is 2. The van der Waals surface area contributed by atoms with Crippen molar-refractivity contribution in [3.63, 3.8) is 0 Å². The largest absolute Gasteiger partial charge is 0.416 e. The molecular formula is C15H12F3N3O2S. The van der Waals surface area contributed by atoms with Gasteiger partial charge in [0.1, 0.15) is 0 Å². The lowest BCUT2D eigenvalue weighted by atomic mass is 10.2. The molecule has 0 saturated carbocycles. The van der Waals surface area contributed by atoms with Crippen molar-refractivity contribution in [1.29, 1.82) is 0 Å². The molecule has 2 aromatic carbocycles. The van der Waals surface area contributed by atoms with Gasteiger partial charge in [-0.15, -0.1) is 0 Å². The van der Waals surface area contributed by atoms with Gasteiger partial charge in [0, 0.05) is 5.39 Å². The number of nitrogens with one attached hydrogen (secondary N) is 1. The third-order valence-corrected chi connectivity index (χ3v) is 4.97. The van der Waals surface area contributed by atoms with Crippen LogP contribution in [0.3, 0.4) is 0 Å². The van der Waals surface area contributed by atoms with Crippen LogP contribution in [0.5, 0.6) is 0 Å². The summed E-state index contributed by atoms with van der Waals surface area (Å²) in [6.45, 7) is 0. The molecule has 0 unspecified atom stereocenters. The van der Waals surface area contributed by atoms with Gasteiger partial charge in [0.2, 0.25) is 10.0 Å². The number of hydrogen-bond donors (Lipinski definition) is 1. The highest BCUT2D eigenvalue weighted by atomic mass is 32.2. The Morgan fingerprint density at radius 1 is 1.08 bits per heavy atom. The fourth-order valence-corrected chi connectivity index (χ4v) is 3.06. The predicted molar refractivity (Wildman–Crippen MR) is 82.3 cm³/mol. The maximum Gasteiger partial charge on any atom is 0.416 e. The average molecular weight is 355 g/mol. The van der Waals surface area contributed by atoms with Gasteiger partial charge in [-0.3, -0.25) is 0 Å². The Hall–Kier alpha value is -2.39. The van der Waals surface area contributed by atoms with Crippen LogP contribution >= 0.6 is 0 Å². The Morgan fingerprint density at radius 2 is 1.75 bits per heavy atom. The average Bonchev–Trinajstić information content (AvgIpc) is 2.97. The third kappa shape index (κ3) is 2.87. The van der Waals surface area contributed by atoms with Gasteiger partial charge in [-0.05, 0) is 49.5 Å². The lowest BCUT2D eigenvalue weighted by Crippen LogP contribution is -2.18. The van der Waals surface area contributed by atoms with E-state index in [9.17, 15) is 21.6 Å². The van der Waals surface area contributed by atoms with E-state index in [4.69, 9.17) is 0 Å². The first-order valence-corrected chi connectivity index (χ1v) is 8.30.